The van der Waals surface area contributed by atoms with Crippen molar-refractivity contribution in [3.63, 3.8) is 0 Å². The molecule has 0 unspecified atom stereocenters. The maximum Gasteiger partial charge on any atom is 0.114 e. The van der Waals surface area contributed by atoms with Crippen molar-refractivity contribution in [3.05, 3.63) is 113 Å². The largest absolute Gasteiger partial charge is 0.264 e. The van der Waals surface area contributed by atoms with E-state index in [-0.39, 0.29) is 0 Å². The van der Waals surface area contributed by atoms with Crippen LogP contribution in [-0.4, -0.2) is 24.5 Å². The van der Waals surface area contributed by atoms with Gasteiger partial charge in [0.25, 0.3) is 0 Å². The molecule has 5 nitrogen and oxygen atoms in total. The van der Waals surface area contributed by atoms with Gasteiger partial charge in [-0.3, -0.25) is 9.36 Å². The van der Waals surface area contributed by atoms with Crippen LogP contribution in [-0.2, 0) is 38.8 Å². The van der Waals surface area contributed by atoms with Crippen LogP contribution in [0.1, 0.15) is 59.3 Å². The number of benzene rings is 2. The van der Waals surface area contributed by atoms with Crippen LogP contribution >= 0.6 is 0 Å². The molecule has 0 aliphatic heterocycles. The Morgan fingerprint density at radius 2 is 0.947 bits per heavy atom. The van der Waals surface area contributed by atoms with Crippen LogP contribution in [0.4, 0.5) is 0 Å². The third kappa shape index (κ3) is 4.36. The molecule has 0 radical (unpaired) electrons. The molecule has 0 spiro atoms. The number of aromatic nitrogens is 5. The van der Waals surface area contributed by atoms with Gasteiger partial charge in [0.15, 0.2) is 0 Å². The van der Waals surface area contributed by atoms with Gasteiger partial charge in [0, 0.05) is 22.5 Å². The first-order valence-corrected chi connectivity index (χ1v) is 14.1. The van der Waals surface area contributed by atoms with Gasteiger partial charge in [-0.15, -0.1) is 0 Å². The zero-order chi connectivity index (χ0) is 25.3. The highest BCUT2D eigenvalue weighted by Gasteiger charge is 2.25. The van der Waals surface area contributed by atoms with Crippen molar-refractivity contribution in [3.8, 4) is 22.8 Å². The molecule has 190 valence electrons. The minimum absolute atomic E-state index is 0.806. The average Bonchev–Trinajstić information content (AvgIpc) is 3.53. The van der Waals surface area contributed by atoms with E-state index in [1.807, 2.05) is 0 Å². The maximum absolute atomic E-state index is 5.22. The van der Waals surface area contributed by atoms with Crippen molar-refractivity contribution in [1.82, 2.24) is 24.5 Å². The van der Waals surface area contributed by atoms with Crippen molar-refractivity contribution >= 4 is 0 Å². The van der Waals surface area contributed by atoms with E-state index in [0.717, 1.165) is 61.5 Å². The molecule has 5 heteroatoms. The summed E-state index contributed by atoms with van der Waals surface area (Å²) in [6, 6.07) is 27.7. The zero-order valence-corrected chi connectivity index (χ0v) is 21.8. The molecule has 7 rings (SSSR count). The molecule has 0 bridgehead atoms. The van der Waals surface area contributed by atoms with Crippen molar-refractivity contribution in [1.29, 1.82) is 0 Å². The van der Waals surface area contributed by atoms with Gasteiger partial charge >= 0.3 is 0 Å². The van der Waals surface area contributed by atoms with Gasteiger partial charge in [0.1, 0.15) is 11.4 Å². The highest BCUT2D eigenvalue weighted by molar-refractivity contribution is 5.67. The van der Waals surface area contributed by atoms with Gasteiger partial charge < -0.3 is 0 Å². The number of rotatable bonds is 6. The van der Waals surface area contributed by atoms with E-state index < -0.39 is 0 Å². The van der Waals surface area contributed by atoms with E-state index in [1.165, 1.54) is 59.3 Å². The summed E-state index contributed by atoms with van der Waals surface area (Å²) in [4.78, 5) is 5.22. The Morgan fingerprint density at radius 1 is 0.500 bits per heavy atom. The number of hydrogen-bond donors (Lipinski definition) is 0. The van der Waals surface area contributed by atoms with E-state index in [2.05, 4.69) is 88.2 Å². The lowest BCUT2D eigenvalue weighted by Crippen LogP contribution is -2.10. The monoisotopic (exact) mass is 499 g/mol. The second-order valence-electron chi connectivity index (χ2n) is 10.7. The average molecular weight is 500 g/mol. The minimum Gasteiger partial charge on any atom is -0.264 e. The Hall–Kier alpha value is -3.99. The number of pyridine rings is 1. The molecule has 3 heterocycles. The van der Waals surface area contributed by atoms with Gasteiger partial charge in [-0.1, -0.05) is 66.7 Å². The van der Waals surface area contributed by atoms with Gasteiger partial charge in [-0.05, 0) is 74.6 Å². The molecule has 3 aromatic heterocycles. The Morgan fingerprint density at radius 3 is 1.42 bits per heavy atom. The molecule has 0 fully saturated rings. The molecule has 2 aliphatic carbocycles. The predicted molar refractivity (Wildman–Crippen MR) is 151 cm³/mol. The van der Waals surface area contributed by atoms with E-state index in [4.69, 9.17) is 15.2 Å². The van der Waals surface area contributed by atoms with E-state index in [1.54, 1.807) is 0 Å². The predicted octanol–water partition coefficient (Wildman–Crippen LogP) is 6.66. The van der Waals surface area contributed by atoms with Crippen LogP contribution in [0.25, 0.3) is 22.8 Å². The summed E-state index contributed by atoms with van der Waals surface area (Å²) < 4.78 is 4.45. The Bertz CT molecular complexity index is 1450. The fourth-order valence-corrected chi connectivity index (χ4v) is 6.23. The number of nitrogens with zero attached hydrogens (tertiary/aromatic N) is 5. The molecule has 0 saturated carbocycles. The summed E-state index contributed by atoms with van der Waals surface area (Å²) >= 11 is 0. The van der Waals surface area contributed by atoms with Gasteiger partial charge in [-0.25, -0.2) is 4.98 Å². The molecule has 0 saturated heterocycles. The lowest BCUT2D eigenvalue weighted by atomic mass is 9.93. The van der Waals surface area contributed by atoms with Crippen LogP contribution < -0.4 is 0 Å². The fourth-order valence-electron chi connectivity index (χ4n) is 6.23. The molecule has 0 N–H and O–H groups in total. The third-order valence-corrected chi connectivity index (χ3v) is 8.10. The SMILES string of the molecule is c1ccc(Cn2nc(-c3cccc(-c4nn(Cc5ccccc5)c5c4CCCC5)n3)c3c2CCCC3)cc1. The molecular formula is C33H33N5. The van der Waals surface area contributed by atoms with Crippen LogP contribution in [0.3, 0.4) is 0 Å². The van der Waals surface area contributed by atoms with E-state index in [0.29, 0.717) is 0 Å². The lowest BCUT2D eigenvalue weighted by molar-refractivity contribution is 0.595. The molecule has 38 heavy (non-hydrogen) atoms. The van der Waals surface area contributed by atoms with E-state index >= 15 is 0 Å². The standard InChI is InChI=1S/C33H33N5/c1-3-12-24(13-4-1)22-37-30-20-9-7-16-26(30)32(35-37)28-18-11-19-29(34-28)33-27-17-8-10-21-31(27)38(36-33)23-25-14-5-2-6-15-25/h1-6,11-15,18-19H,7-10,16-17,20-23H2. The first-order valence-electron chi connectivity index (χ1n) is 14.1. The third-order valence-electron chi connectivity index (χ3n) is 8.10. The van der Waals surface area contributed by atoms with Crippen molar-refractivity contribution in [2.24, 2.45) is 0 Å². The van der Waals surface area contributed by atoms with Crippen molar-refractivity contribution < 1.29 is 0 Å². The lowest BCUT2D eigenvalue weighted by Gasteiger charge is -2.15. The summed E-state index contributed by atoms with van der Waals surface area (Å²) in [5, 5.41) is 10.3. The van der Waals surface area contributed by atoms with Crippen LogP contribution in [0.2, 0.25) is 0 Å². The van der Waals surface area contributed by atoms with E-state index in [9.17, 15) is 0 Å². The molecule has 0 amide bonds. The van der Waals surface area contributed by atoms with Crippen LogP contribution in [0.5, 0.6) is 0 Å². The van der Waals surface area contributed by atoms with Gasteiger partial charge in [0.05, 0.1) is 24.5 Å². The molecule has 2 aliphatic rings. The summed E-state index contributed by atoms with van der Waals surface area (Å²) in [6.07, 6.45) is 9.22. The van der Waals surface area contributed by atoms with Gasteiger partial charge in [0.2, 0.25) is 0 Å². The van der Waals surface area contributed by atoms with Crippen LogP contribution in [0.15, 0.2) is 78.9 Å². The first kappa shape index (κ1) is 23.2. The normalized spacial score (nSPS) is 14.7. The van der Waals surface area contributed by atoms with Crippen molar-refractivity contribution in [2.75, 3.05) is 0 Å². The summed E-state index contributed by atoms with van der Waals surface area (Å²) in [5.74, 6) is 0. The smallest absolute Gasteiger partial charge is 0.114 e. The Kier molecular flexibility index (Phi) is 6.12. The quantitative estimate of drug-likeness (QED) is 0.262. The number of hydrogen-bond acceptors (Lipinski definition) is 3. The minimum atomic E-state index is 0.806. The topological polar surface area (TPSA) is 48.5 Å². The maximum atomic E-state index is 5.22. The first-order chi connectivity index (χ1) is 18.8. The summed E-state index contributed by atoms with van der Waals surface area (Å²) in [7, 11) is 0. The highest BCUT2D eigenvalue weighted by Crippen LogP contribution is 2.34. The number of fused-ring (bicyclic) bond motifs is 2. The second-order valence-corrected chi connectivity index (χ2v) is 10.7. The summed E-state index contributed by atoms with van der Waals surface area (Å²) in [5.41, 5.74) is 12.1. The zero-order valence-electron chi connectivity index (χ0n) is 21.8. The Balaban J connectivity index is 1.27. The van der Waals surface area contributed by atoms with Crippen molar-refractivity contribution in [2.45, 2.75) is 64.5 Å². The molecule has 2 aromatic carbocycles. The fraction of sp³-hybridized carbons (Fsp3) is 0.303. The summed E-state index contributed by atoms with van der Waals surface area (Å²) in [6.45, 7) is 1.61. The van der Waals surface area contributed by atoms with Gasteiger partial charge in [-0.2, -0.15) is 10.2 Å². The second kappa shape index (κ2) is 10.1. The highest BCUT2D eigenvalue weighted by atomic mass is 15.3. The molecule has 5 aromatic rings. The molecule has 0 atom stereocenters. The molecular weight excluding hydrogens is 466 g/mol. The Labute approximate surface area is 224 Å². The van der Waals surface area contributed by atoms with Crippen LogP contribution in [0, 0.1) is 0 Å².